The first-order chi connectivity index (χ1) is 7.66. The molecule has 4 nitrogen and oxygen atoms in total. The van der Waals surface area contributed by atoms with Gasteiger partial charge in [-0.15, -0.1) is 0 Å². The molecule has 16 heavy (non-hydrogen) atoms. The molecule has 1 aromatic rings. The van der Waals surface area contributed by atoms with Crippen molar-refractivity contribution in [3.8, 4) is 5.75 Å². The molecule has 0 radical (unpaired) electrons. The van der Waals surface area contributed by atoms with Crippen LogP contribution in [-0.2, 0) is 0 Å². The summed E-state index contributed by atoms with van der Waals surface area (Å²) >= 11 is 5.70. The molecular formula is C11H12ClNO3. The first-order valence-corrected chi connectivity index (χ1v) is 5.61. The van der Waals surface area contributed by atoms with Crippen LogP contribution < -0.4 is 4.74 Å². The first kappa shape index (κ1) is 11.2. The molecular weight excluding hydrogens is 230 g/mol. The largest absolute Gasteiger partial charge is 0.487 e. The summed E-state index contributed by atoms with van der Waals surface area (Å²) in [5.41, 5.74) is -0.0631. The van der Waals surface area contributed by atoms with E-state index in [0.717, 1.165) is 12.8 Å². The molecule has 0 spiro atoms. The maximum atomic E-state index is 10.8. The zero-order valence-electron chi connectivity index (χ0n) is 8.69. The number of halogens is 1. The molecule has 0 atom stereocenters. The maximum Gasteiger partial charge on any atom is 0.312 e. The van der Waals surface area contributed by atoms with E-state index < -0.39 is 4.92 Å². The number of ether oxygens (including phenoxy) is 1. The van der Waals surface area contributed by atoms with Crippen LogP contribution in [0.5, 0.6) is 5.75 Å². The molecule has 0 heterocycles. The zero-order valence-corrected chi connectivity index (χ0v) is 9.44. The Morgan fingerprint density at radius 3 is 2.81 bits per heavy atom. The molecule has 0 bridgehead atoms. The van der Waals surface area contributed by atoms with Crippen molar-refractivity contribution in [1.82, 2.24) is 0 Å². The van der Waals surface area contributed by atoms with Crippen LogP contribution in [0, 0.1) is 16.0 Å². The van der Waals surface area contributed by atoms with Crippen LogP contribution in [-0.4, -0.2) is 11.5 Å². The Labute approximate surface area is 98.3 Å². The number of nitro groups is 1. The van der Waals surface area contributed by atoms with Crippen molar-refractivity contribution in [2.24, 2.45) is 5.92 Å². The molecule has 0 aromatic heterocycles. The first-order valence-electron chi connectivity index (χ1n) is 5.23. The number of nitro benzene ring substituents is 1. The quantitative estimate of drug-likeness (QED) is 0.599. The molecule has 0 unspecified atom stereocenters. The van der Waals surface area contributed by atoms with Crippen LogP contribution in [0.1, 0.15) is 19.3 Å². The third kappa shape index (κ3) is 2.44. The second kappa shape index (κ2) is 4.70. The second-order valence-corrected chi connectivity index (χ2v) is 4.41. The van der Waals surface area contributed by atoms with Gasteiger partial charge in [0, 0.05) is 11.1 Å². The summed E-state index contributed by atoms with van der Waals surface area (Å²) in [6.45, 7) is 0.558. The van der Waals surface area contributed by atoms with E-state index in [9.17, 15) is 10.1 Å². The average Bonchev–Trinajstić information content (AvgIpc) is 2.17. The van der Waals surface area contributed by atoms with E-state index in [2.05, 4.69) is 0 Å². The fourth-order valence-electron chi connectivity index (χ4n) is 1.62. The number of benzene rings is 1. The van der Waals surface area contributed by atoms with Crippen LogP contribution >= 0.6 is 11.6 Å². The fourth-order valence-corrected chi connectivity index (χ4v) is 1.79. The highest BCUT2D eigenvalue weighted by Gasteiger charge is 2.21. The van der Waals surface area contributed by atoms with Gasteiger partial charge < -0.3 is 4.74 Å². The van der Waals surface area contributed by atoms with Crippen LogP contribution in [0.3, 0.4) is 0 Å². The predicted molar refractivity (Wildman–Crippen MR) is 60.9 cm³/mol. The van der Waals surface area contributed by atoms with Crippen molar-refractivity contribution >= 4 is 17.3 Å². The summed E-state index contributed by atoms with van der Waals surface area (Å²) in [6.07, 6.45) is 3.54. The van der Waals surface area contributed by atoms with Gasteiger partial charge in [-0.05, 0) is 30.9 Å². The molecule has 5 heteroatoms. The van der Waals surface area contributed by atoms with E-state index in [4.69, 9.17) is 16.3 Å². The minimum atomic E-state index is -0.470. The monoisotopic (exact) mass is 241 g/mol. The lowest BCUT2D eigenvalue weighted by atomic mass is 9.86. The predicted octanol–water partition coefficient (Wildman–Crippen LogP) is 3.43. The highest BCUT2D eigenvalue weighted by Crippen LogP contribution is 2.32. The number of hydrogen-bond acceptors (Lipinski definition) is 3. The minimum absolute atomic E-state index is 0.0631. The summed E-state index contributed by atoms with van der Waals surface area (Å²) in [4.78, 5) is 10.3. The Bertz CT molecular complexity index is 404. The third-order valence-electron chi connectivity index (χ3n) is 2.82. The van der Waals surface area contributed by atoms with E-state index >= 15 is 0 Å². The van der Waals surface area contributed by atoms with Gasteiger partial charge in [-0.25, -0.2) is 0 Å². The lowest BCUT2D eigenvalue weighted by Crippen LogP contribution is -2.19. The van der Waals surface area contributed by atoms with E-state index in [1.807, 2.05) is 0 Å². The van der Waals surface area contributed by atoms with Crippen molar-refractivity contribution in [2.75, 3.05) is 6.61 Å². The SMILES string of the molecule is O=[N+]([O-])c1cc(Cl)ccc1OCC1CCC1. The second-order valence-electron chi connectivity index (χ2n) is 3.98. The van der Waals surface area contributed by atoms with Crippen molar-refractivity contribution in [3.63, 3.8) is 0 Å². The summed E-state index contributed by atoms with van der Waals surface area (Å²) in [5.74, 6) is 0.858. The Morgan fingerprint density at radius 2 is 2.25 bits per heavy atom. The van der Waals surface area contributed by atoms with Gasteiger partial charge in [-0.3, -0.25) is 10.1 Å². The summed E-state index contributed by atoms with van der Waals surface area (Å²) in [5, 5.41) is 11.1. The zero-order chi connectivity index (χ0) is 11.5. The van der Waals surface area contributed by atoms with Crippen molar-refractivity contribution in [1.29, 1.82) is 0 Å². The molecule has 0 amide bonds. The van der Waals surface area contributed by atoms with Crippen LogP contribution in [0.2, 0.25) is 5.02 Å². The van der Waals surface area contributed by atoms with Gasteiger partial charge in [-0.1, -0.05) is 18.0 Å². The topological polar surface area (TPSA) is 52.4 Å². The summed E-state index contributed by atoms with van der Waals surface area (Å²) < 4.78 is 5.46. The van der Waals surface area contributed by atoms with Gasteiger partial charge in [0.25, 0.3) is 0 Å². The van der Waals surface area contributed by atoms with Crippen molar-refractivity contribution in [3.05, 3.63) is 33.3 Å². The Hall–Kier alpha value is -1.29. The standard InChI is InChI=1S/C11H12ClNO3/c12-9-4-5-11(10(6-9)13(14)15)16-7-8-2-1-3-8/h4-6,8H,1-3,7H2. The van der Waals surface area contributed by atoms with E-state index in [1.165, 1.54) is 12.5 Å². The molecule has 1 saturated carbocycles. The number of hydrogen-bond donors (Lipinski definition) is 0. The lowest BCUT2D eigenvalue weighted by Gasteiger charge is -2.24. The molecule has 1 aromatic carbocycles. The normalized spacial score (nSPS) is 15.6. The average molecular weight is 242 g/mol. The summed E-state index contributed by atoms with van der Waals surface area (Å²) in [7, 11) is 0. The van der Waals surface area contributed by atoms with Gasteiger partial charge >= 0.3 is 5.69 Å². The smallest absolute Gasteiger partial charge is 0.312 e. The Kier molecular flexibility index (Phi) is 3.29. The van der Waals surface area contributed by atoms with Gasteiger partial charge in [0.15, 0.2) is 5.75 Å². The van der Waals surface area contributed by atoms with E-state index in [1.54, 1.807) is 12.1 Å². The minimum Gasteiger partial charge on any atom is -0.487 e. The Morgan fingerprint density at radius 1 is 1.50 bits per heavy atom. The Balaban J connectivity index is 2.08. The van der Waals surface area contributed by atoms with E-state index in [0.29, 0.717) is 23.3 Å². The van der Waals surface area contributed by atoms with Gasteiger partial charge in [0.05, 0.1) is 11.5 Å². The molecule has 2 rings (SSSR count). The van der Waals surface area contributed by atoms with Crippen LogP contribution in [0.4, 0.5) is 5.69 Å². The van der Waals surface area contributed by atoms with Crippen molar-refractivity contribution in [2.45, 2.75) is 19.3 Å². The number of nitrogens with zero attached hydrogens (tertiary/aromatic N) is 1. The van der Waals surface area contributed by atoms with Crippen molar-refractivity contribution < 1.29 is 9.66 Å². The number of rotatable bonds is 4. The molecule has 0 saturated heterocycles. The van der Waals surface area contributed by atoms with Crippen LogP contribution in [0.15, 0.2) is 18.2 Å². The molecule has 86 valence electrons. The summed E-state index contributed by atoms with van der Waals surface area (Å²) in [6, 6.07) is 4.47. The van der Waals surface area contributed by atoms with Gasteiger partial charge in [-0.2, -0.15) is 0 Å². The molecule has 1 fully saturated rings. The maximum absolute atomic E-state index is 10.8. The third-order valence-corrected chi connectivity index (χ3v) is 3.05. The van der Waals surface area contributed by atoms with Gasteiger partial charge in [0.1, 0.15) is 0 Å². The van der Waals surface area contributed by atoms with Crippen LogP contribution in [0.25, 0.3) is 0 Å². The molecule has 1 aliphatic carbocycles. The molecule has 0 aliphatic heterocycles. The fraction of sp³-hybridized carbons (Fsp3) is 0.455. The molecule has 1 aliphatic rings. The molecule has 0 N–H and O–H groups in total. The van der Waals surface area contributed by atoms with Gasteiger partial charge in [0.2, 0.25) is 0 Å². The highest BCUT2D eigenvalue weighted by atomic mass is 35.5. The highest BCUT2D eigenvalue weighted by molar-refractivity contribution is 6.30. The van der Waals surface area contributed by atoms with E-state index in [-0.39, 0.29) is 5.69 Å². The lowest BCUT2D eigenvalue weighted by molar-refractivity contribution is -0.385.